The molecule has 1 heterocycles. The van der Waals surface area contributed by atoms with Gasteiger partial charge in [-0.15, -0.1) is 0 Å². The number of hydrogen-bond donors (Lipinski definition) is 1. The number of carbonyl (C=O) groups excluding carboxylic acids is 1. The summed E-state index contributed by atoms with van der Waals surface area (Å²) >= 11 is 0. The van der Waals surface area contributed by atoms with Crippen molar-refractivity contribution in [1.82, 2.24) is 10.2 Å². The number of unbranched alkanes of at least 4 members (excludes halogenated alkanes) is 2. The van der Waals surface area contributed by atoms with Gasteiger partial charge in [0.2, 0.25) is 5.91 Å². The van der Waals surface area contributed by atoms with Gasteiger partial charge in [0, 0.05) is 45.7 Å². The summed E-state index contributed by atoms with van der Waals surface area (Å²) in [5.41, 5.74) is 1.16. The Bertz CT molecular complexity index is 499. The Hall–Kier alpha value is -1.75. The van der Waals surface area contributed by atoms with Crippen LogP contribution in [0.1, 0.15) is 32.6 Å². The molecule has 1 aliphatic rings. The van der Waals surface area contributed by atoms with Gasteiger partial charge in [-0.05, 0) is 18.6 Å². The van der Waals surface area contributed by atoms with Crippen LogP contribution in [0.2, 0.25) is 0 Å². The van der Waals surface area contributed by atoms with Gasteiger partial charge < -0.3 is 15.0 Å². The van der Waals surface area contributed by atoms with Gasteiger partial charge in [-0.1, -0.05) is 31.9 Å². The molecule has 0 bridgehead atoms. The van der Waals surface area contributed by atoms with Gasteiger partial charge in [-0.3, -0.25) is 9.69 Å². The number of nitrogens with zero attached hydrogens (tertiary/aromatic N) is 2. The maximum Gasteiger partial charge on any atom is 0.221 e. The second-order valence-corrected chi connectivity index (χ2v) is 6.31. The highest BCUT2D eigenvalue weighted by Gasteiger charge is 2.19. The normalized spacial score (nSPS) is 15.3. The Kier molecular flexibility index (Phi) is 7.89. The third-order valence-corrected chi connectivity index (χ3v) is 4.56. The first-order chi connectivity index (χ1) is 11.7. The van der Waals surface area contributed by atoms with Crippen molar-refractivity contribution in [2.45, 2.75) is 32.6 Å². The Morgan fingerprint density at radius 2 is 1.92 bits per heavy atom. The summed E-state index contributed by atoms with van der Waals surface area (Å²) in [4.78, 5) is 16.6. The number of piperazine rings is 1. The first kappa shape index (κ1) is 18.6. The Labute approximate surface area is 146 Å². The standard InChI is InChI=1S/C19H31N3O2/c1-3-4-7-11-20-19(23)10-12-21-13-15-22(16-14-21)17-8-5-6-9-18(17)24-2/h5-6,8-9H,3-4,7,10-16H2,1-2H3,(H,20,23). The zero-order chi connectivity index (χ0) is 17.2. The van der Waals surface area contributed by atoms with Crippen LogP contribution in [0.15, 0.2) is 24.3 Å². The summed E-state index contributed by atoms with van der Waals surface area (Å²) in [6, 6.07) is 8.16. The van der Waals surface area contributed by atoms with E-state index >= 15 is 0 Å². The van der Waals surface area contributed by atoms with E-state index < -0.39 is 0 Å². The van der Waals surface area contributed by atoms with Gasteiger partial charge >= 0.3 is 0 Å². The van der Waals surface area contributed by atoms with Crippen LogP contribution in [-0.2, 0) is 4.79 Å². The van der Waals surface area contributed by atoms with E-state index in [0.29, 0.717) is 6.42 Å². The van der Waals surface area contributed by atoms with E-state index in [1.54, 1.807) is 7.11 Å². The molecule has 0 spiro atoms. The van der Waals surface area contributed by atoms with E-state index in [0.717, 1.165) is 57.1 Å². The van der Waals surface area contributed by atoms with Gasteiger partial charge in [-0.25, -0.2) is 0 Å². The maximum atomic E-state index is 11.9. The van der Waals surface area contributed by atoms with E-state index in [1.807, 2.05) is 18.2 Å². The minimum Gasteiger partial charge on any atom is -0.495 e. The van der Waals surface area contributed by atoms with Crippen LogP contribution in [0.4, 0.5) is 5.69 Å². The molecule has 1 N–H and O–H groups in total. The van der Waals surface area contributed by atoms with Crippen molar-refractivity contribution < 1.29 is 9.53 Å². The Morgan fingerprint density at radius 3 is 2.62 bits per heavy atom. The molecule has 5 heteroatoms. The van der Waals surface area contributed by atoms with Crippen LogP contribution in [0.25, 0.3) is 0 Å². The number of para-hydroxylation sites is 2. The highest BCUT2D eigenvalue weighted by atomic mass is 16.5. The quantitative estimate of drug-likeness (QED) is 0.705. The largest absolute Gasteiger partial charge is 0.495 e. The predicted molar refractivity (Wildman–Crippen MR) is 98.8 cm³/mol. The van der Waals surface area contributed by atoms with E-state index in [2.05, 4.69) is 28.1 Å². The molecule has 0 aliphatic carbocycles. The summed E-state index contributed by atoms with van der Waals surface area (Å²) in [5.74, 6) is 1.11. The molecule has 2 rings (SSSR count). The maximum absolute atomic E-state index is 11.9. The van der Waals surface area contributed by atoms with Crippen LogP contribution < -0.4 is 15.0 Å². The lowest BCUT2D eigenvalue weighted by Crippen LogP contribution is -2.47. The summed E-state index contributed by atoms with van der Waals surface area (Å²) < 4.78 is 5.45. The van der Waals surface area contributed by atoms with Crippen molar-refractivity contribution in [1.29, 1.82) is 0 Å². The third kappa shape index (κ3) is 5.71. The van der Waals surface area contributed by atoms with Gasteiger partial charge in [-0.2, -0.15) is 0 Å². The average molecular weight is 333 g/mol. The predicted octanol–water partition coefficient (Wildman–Crippen LogP) is 2.51. The summed E-state index contributed by atoms with van der Waals surface area (Å²) in [6.45, 7) is 7.75. The van der Waals surface area contributed by atoms with E-state index in [-0.39, 0.29) is 5.91 Å². The molecule has 24 heavy (non-hydrogen) atoms. The minimum absolute atomic E-state index is 0.179. The zero-order valence-corrected chi connectivity index (χ0v) is 15.1. The lowest BCUT2D eigenvalue weighted by Gasteiger charge is -2.36. The van der Waals surface area contributed by atoms with Crippen molar-refractivity contribution in [3.05, 3.63) is 24.3 Å². The fraction of sp³-hybridized carbons (Fsp3) is 0.632. The molecule has 1 amide bonds. The second-order valence-electron chi connectivity index (χ2n) is 6.31. The van der Waals surface area contributed by atoms with Crippen molar-refractivity contribution in [3.8, 4) is 5.75 Å². The average Bonchev–Trinajstić information content (AvgIpc) is 2.64. The molecule has 0 unspecified atom stereocenters. The van der Waals surface area contributed by atoms with Crippen LogP contribution in [0.3, 0.4) is 0 Å². The lowest BCUT2D eigenvalue weighted by molar-refractivity contribution is -0.121. The van der Waals surface area contributed by atoms with Gasteiger partial charge in [0.25, 0.3) is 0 Å². The van der Waals surface area contributed by atoms with Crippen LogP contribution >= 0.6 is 0 Å². The van der Waals surface area contributed by atoms with Crippen LogP contribution in [0, 0.1) is 0 Å². The lowest BCUT2D eigenvalue weighted by atomic mass is 10.2. The fourth-order valence-electron chi connectivity index (χ4n) is 3.05. The fourth-order valence-corrected chi connectivity index (χ4v) is 3.05. The number of ether oxygens (including phenoxy) is 1. The molecule has 1 fully saturated rings. The zero-order valence-electron chi connectivity index (χ0n) is 15.1. The molecule has 0 atom stereocenters. The van der Waals surface area contributed by atoms with Crippen molar-refractivity contribution in [3.63, 3.8) is 0 Å². The number of anilines is 1. The molecule has 0 radical (unpaired) electrons. The number of nitrogens with one attached hydrogen (secondary N) is 1. The highest BCUT2D eigenvalue weighted by molar-refractivity contribution is 5.76. The molecule has 1 aliphatic heterocycles. The van der Waals surface area contributed by atoms with Crippen molar-refractivity contribution >= 4 is 11.6 Å². The number of amides is 1. The summed E-state index contributed by atoms with van der Waals surface area (Å²) in [7, 11) is 1.72. The molecule has 0 aromatic heterocycles. The topological polar surface area (TPSA) is 44.8 Å². The van der Waals surface area contributed by atoms with Crippen LogP contribution in [0.5, 0.6) is 5.75 Å². The molecule has 1 aromatic carbocycles. The number of methoxy groups -OCH3 is 1. The summed E-state index contributed by atoms with van der Waals surface area (Å²) in [5, 5.41) is 3.01. The summed E-state index contributed by atoms with van der Waals surface area (Å²) in [6.07, 6.45) is 4.05. The minimum atomic E-state index is 0.179. The van der Waals surface area contributed by atoms with Crippen molar-refractivity contribution in [2.75, 3.05) is 51.3 Å². The van der Waals surface area contributed by atoms with E-state index in [1.165, 1.54) is 12.8 Å². The van der Waals surface area contributed by atoms with E-state index in [4.69, 9.17) is 4.74 Å². The third-order valence-electron chi connectivity index (χ3n) is 4.56. The smallest absolute Gasteiger partial charge is 0.221 e. The molecular formula is C19H31N3O2. The first-order valence-electron chi connectivity index (χ1n) is 9.11. The molecule has 134 valence electrons. The monoisotopic (exact) mass is 333 g/mol. The van der Waals surface area contributed by atoms with Gasteiger partial charge in [0.15, 0.2) is 0 Å². The molecule has 1 aromatic rings. The molecule has 1 saturated heterocycles. The molecule has 5 nitrogen and oxygen atoms in total. The number of benzene rings is 1. The molecule has 0 saturated carbocycles. The Balaban J connectivity index is 1.68. The highest BCUT2D eigenvalue weighted by Crippen LogP contribution is 2.28. The van der Waals surface area contributed by atoms with Gasteiger partial charge in [0.05, 0.1) is 12.8 Å². The number of carbonyl (C=O) groups is 1. The van der Waals surface area contributed by atoms with Gasteiger partial charge in [0.1, 0.15) is 5.75 Å². The Morgan fingerprint density at radius 1 is 1.17 bits per heavy atom. The SMILES string of the molecule is CCCCCNC(=O)CCN1CCN(c2ccccc2OC)CC1. The van der Waals surface area contributed by atoms with E-state index in [9.17, 15) is 4.79 Å². The number of hydrogen-bond acceptors (Lipinski definition) is 4. The second kappa shape index (κ2) is 10.2. The number of rotatable bonds is 9. The first-order valence-corrected chi connectivity index (χ1v) is 9.11. The van der Waals surface area contributed by atoms with Crippen molar-refractivity contribution in [2.24, 2.45) is 0 Å². The molecular weight excluding hydrogens is 302 g/mol. The van der Waals surface area contributed by atoms with Crippen LogP contribution in [-0.4, -0.2) is 57.2 Å².